The Labute approximate surface area is 162 Å². The Kier molecular flexibility index (Phi) is 6.87. The Morgan fingerprint density at radius 1 is 1.00 bits per heavy atom. The van der Waals surface area contributed by atoms with Gasteiger partial charge < -0.3 is 15.3 Å². The molecule has 1 aromatic carbocycles. The molecule has 1 rings (SSSR count). The normalized spacial score (nSPS) is 14.9. The highest BCUT2D eigenvalue weighted by atomic mass is 16.4. The van der Waals surface area contributed by atoms with Crippen LogP contribution < -0.4 is 0 Å². The summed E-state index contributed by atoms with van der Waals surface area (Å²) in [6.07, 6.45) is 2.76. The Morgan fingerprint density at radius 3 is 1.89 bits per heavy atom. The number of aliphatic carboxylic acids is 2. The van der Waals surface area contributed by atoms with Crippen molar-refractivity contribution in [3.05, 3.63) is 34.9 Å². The minimum atomic E-state index is -2.07. The highest BCUT2D eigenvalue weighted by molar-refractivity contribution is 5.95. The standard InChI is InChI=1S/C22H34O5/c1-8-9-11-14-12-10-13-15(16(14)20(2,3)4)22(27,21(5,6)7)17(18(23)24)19(25)26/h10,12-13,17,27H,8-9,11H2,1-7H3,(H,23,24)(H,25,26)/t22-/m0/s1. The minimum absolute atomic E-state index is 0.388. The third-order valence-electron chi connectivity index (χ3n) is 5.17. The van der Waals surface area contributed by atoms with Gasteiger partial charge in [0.15, 0.2) is 5.92 Å². The number of carboxylic acids is 2. The van der Waals surface area contributed by atoms with Crippen molar-refractivity contribution >= 4 is 11.9 Å². The minimum Gasteiger partial charge on any atom is -0.481 e. The van der Waals surface area contributed by atoms with E-state index < -0.39 is 28.9 Å². The first-order chi connectivity index (χ1) is 12.2. The van der Waals surface area contributed by atoms with Gasteiger partial charge in [0.05, 0.1) is 0 Å². The first-order valence-corrected chi connectivity index (χ1v) is 9.50. The summed E-state index contributed by atoms with van der Waals surface area (Å²) in [5.41, 5.74) is -1.22. The maximum absolute atomic E-state index is 11.9. The van der Waals surface area contributed by atoms with Crippen LogP contribution in [0.4, 0.5) is 0 Å². The van der Waals surface area contributed by atoms with Gasteiger partial charge >= 0.3 is 11.9 Å². The summed E-state index contributed by atoms with van der Waals surface area (Å²) in [5.74, 6) is -5.06. The molecule has 0 aliphatic carbocycles. The molecule has 0 radical (unpaired) electrons. The third-order valence-corrected chi connectivity index (χ3v) is 5.17. The third kappa shape index (κ3) is 4.52. The molecule has 0 spiro atoms. The summed E-state index contributed by atoms with van der Waals surface area (Å²) >= 11 is 0. The van der Waals surface area contributed by atoms with Crippen LogP contribution in [0.3, 0.4) is 0 Å². The van der Waals surface area contributed by atoms with Crippen LogP contribution in [0, 0.1) is 11.3 Å². The van der Waals surface area contributed by atoms with Crippen molar-refractivity contribution in [1.82, 2.24) is 0 Å². The number of aryl methyl sites for hydroxylation is 1. The van der Waals surface area contributed by atoms with Crippen molar-refractivity contribution in [2.75, 3.05) is 0 Å². The molecule has 0 amide bonds. The van der Waals surface area contributed by atoms with Crippen molar-refractivity contribution < 1.29 is 24.9 Å². The number of rotatable bonds is 7. The molecule has 0 saturated heterocycles. The van der Waals surface area contributed by atoms with Crippen molar-refractivity contribution in [1.29, 1.82) is 0 Å². The fourth-order valence-electron chi connectivity index (χ4n) is 3.83. The molecule has 0 heterocycles. The summed E-state index contributed by atoms with van der Waals surface area (Å²) in [6.45, 7) is 13.1. The van der Waals surface area contributed by atoms with Gasteiger partial charge in [0, 0.05) is 0 Å². The largest absolute Gasteiger partial charge is 0.481 e. The first kappa shape index (κ1) is 23.2. The number of carbonyl (C=O) groups is 2. The topological polar surface area (TPSA) is 94.8 Å². The zero-order chi connectivity index (χ0) is 21.2. The van der Waals surface area contributed by atoms with E-state index in [-0.39, 0.29) is 5.41 Å². The lowest BCUT2D eigenvalue weighted by molar-refractivity contribution is -0.182. The van der Waals surface area contributed by atoms with E-state index in [1.807, 2.05) is 26.8 Å². The van der Waals surface area contributed by atoms with Crippen LogP contribution in [0.5, 0.6) is 0 Å². The lowest BCUT2D eigenvalue weighted by atomic mass is 9.61. The van der Waals surface area contributed by atoms with Gasteiger partial charge in [-0.3, -0.25) is 9.59 Å². The van der Waals surface area contributed by atoms with Crippen LogP contribution in [0.2, 0.25) is 0 Å². The van der Waals surface area contributed by atoms with E-state index in [9.17, 15) is 24.9 Å². The summed E-state index contributed by atoms with van der Waals surface area (Å²) in [7, 11) is 0. The number of unbranched alkanes of at least 4 members (excludes halogenated alkanes) is 1. The Bertz CT molecular complexity index is 680. The van der Waals surface area contributed by atoms with Gasteiger partial charge in [0.1, 0.15) is 5.60 Å². The van der Waals surface area contributed by atoms with E-state index in [1.54, 1.807) is 32.9 Å². The van der Waals surface area contributed by atoms with Crippen LogP contribution >= 0.6 is 0 Å². The van der Waals surface area contributed by atoms with Gasteiger partial charge in [-0.15, -0.1) is 0 Å². The van der Waals surface area contributed by atoms with Gasteiger partial charge in [-0.1, -0.05) is 73.1 Å². The van der Waals surface area contributed by atoms with Crippen LogP contribution in [0.25, 0.3) is 0 Å². The average molecular weight is 379 g/mol. The van der Waals surface area contributed by atoms with Crippen LogP contribution in [0.1, 0.15) is 78.0 Å². The van der Waals surface area contributed by atoms with Crippen LogP contribution in [-0.2, 0) is 27.0 Å². The zero-order valence-electron chi connectivity index (χ0n) is 17.6. The summed E-state index contributed by atoms with van der Waals surface area (Å²) in [5, 5.41) is 31.1. The molecular weight excluding hydrogens is 344 g/mol. The Hall–Kier alpha value is -1.88. The molecule has 0 unspecified atom stereocenters. The second kappa shape index (κ2) is 8.01. The van der Waals surface area contributed by atoms with Gasteiger partial charge in [-0.2, -0.15) is 0 Å². The predicted molar refractivity (Wildman–Crippen MR) is 106 cm³/mol. The van der Waals surface area contributed by atoms with Crippen LogP contribution in [-0.4, -0.2) is 27.3 Å². The number of benzene rings is 1. The average Bonchev–Trinajstić information content (AvgIpc) is 2.49. The molecule has 3 N–H and O–H groups in total. The van der Waals surface area contributed by atoms with Gasteiger partial charge in [0.25, 0.3) is 0 Å². The lowest BCUT2D eigenvalue weighted by Crippen LogP contribution is -2.53. The maximum atomic E-state index is 11.9. The molecule has 5 nitrogen and oxygen atoms in total. The maximum Gasteiger partial charge on any atom is 0.321 e. The smallest absolute Gasteiger partial charge is 0.321 e. The highest BCUT2D eigenvalue weighted by Crippen LogP contribution is 2.49. The molecule has 5 heteroatoms. The molecule has 152 valence electrons. The Morgan fingerprint density at radius 2 is 1.52 bits per heavy atom. The van der Waals surface area contributed by atoms with E-state index in [1.165, 1.54) is 0 Å². The number of hydrogen-bond donors (Lipinski definition) is 3. The van der Waals surface area contributed by atoms with E-state index in [0.29, 0.717) is 5.56 Å². The van der Waals surface area contributed by atoms with Gasteiger partial charge in [-0.25, -0.2) is 0 Å². The van der Waals surface area contributed by atoms with E-state index in [0.717, 1.165) is 30.4 Å². The molecule has 0 aromatic heterocycles. The zero-order valence-corrected chi connectivity index (χ0v) is 17.6. The van der Waals surface area contributed by atoms with Gasteiger partial charge in [0.2, 0.25) is 0 Å². The highest BCUT2D eigenvalue weighted by Gasteiger charge is 2.56. The Balaban J connectivity index is 3.94. The molecule has 0 saturated carbocycles. The SMILES string of the molecule is CCCCc1cccc([C@](O)(C(C(=O)O)C(=O)O)C(C)(C)C)c1C(C)(C)C. The molecule has 27 heavy (non-hydrogen) atoms. The number of aliphatic hydroxyl groups is 1. The van der Waals surface area contributed by atoms with Crippen molar-refractivity contribution in [3.8, 4) is 0 Å². The van der Waals surface area contributed by atoms with E-state index in [2.05, 4.69) is 6.92 Å². The van der Waals surface area contributed by atoms with Crippen molar-refractivity contribution in [2.45, 2.75) is 78.7 Å². The summed E-state index contributed by atoms with van der Waals surface area (Å²) in [4.78, 5) is 23.8. The van der Waals surface area contributed by atoms with Crippen LogP contribution in [0.15, 0.2) is 18.2 Å². The second-order valence-corrected chi connectivity index (χ2v) is 9.32. The summed E-state index contributed by atoms with van der Waals surface area (Å²) in [6, 6.07) is 5.45. The molecule has 1 aromatic rings. The molecule has 0 aliphatic heterocycles. The molecular formula is C22H34O5. The number of hydrogen-bond acceptors (Lipinski definition) is 3. The first-order valence-electron chi connectivity index (χ1n) is 9.50. The fourth-order valence-corrected chi connectivity index (χ4v) is 3.83. The van der Waals surface area contributed by atoms with E-state index >= 15 is 0 Å². The lowest BCUT2D eigenvalue weighted by Gasteiger charge is -2.45. The predicted octanol–water partition coefficient (Wildman–Crippen LogP) is 4.35. The molecule has 0 aliphatic rings. The second-order valence-electron chi connectivity index (χ2n) is 9.32. The van der Waals surface area contributed by atoms with Crippen molar-refractivity contribution in [3.63, 3.8) is 0 Å². The number of carboxylic acid groups (broad SMARTS) is 2. The van der Waals surface area contributed by atoms with E-state index in [4.69, 9.17) is 0 Å². The molecule has 1 atom stereocenters. The molecule has 0 bridgehead atoms. The fraction of sp³-hybridized carbons (Fsp3) is 0.636. The van der Waals surface area contributed by atoms with Gasteiger partial charge in [-0.05, 0) is 40.4 Å². The molecule has 0 fully saturated rings. The van der Waals surface area contributed by atoms with Crippen molar-refractivity contribution in [2.24, 2.45) is 11.3 Å². The summed E-state index contributed by atoms with van der Waals surface area (Å²) < 4.78 is 0. The quantitative estimate of drug-likeness (QED) is 0.613. The monoisotopic (exact) mass is 378 g/mol.